The van der Waals surface area contributed by atoms with Gasteiger partial charge in [0.2, 0.25) is 0 Å². The van der Waals surface area contributed by atoms with Gasteiger partial charge in [-0.3, -0.25) is 4.90 Å². The van der Waals surface area contributed by atoms with Crippen LogP contribution in [0.15, 0.2) is 30.3 Å². The molecule has 0 saturated carbocycles. The summed E-state index contributed by atoms with van der Waals surface area (Å²) in [6.07, 6.45) is 2.51. The van der Waals surface area contributed by atoms with E-state index >= 15 is 0 Å². The van der Waals surface area contributed by atoms with E-state index in [4.69, 9.17) is 0 Å². The summed E-state index contributed by atoms with van der Waals surface area (Å²) in [4.78, 5) is 2.41. The highest BCUT2D eigenvalue weighted by atomic mass is 16.3. The number of hydrogen-bond donors (Lipinski definition) is 1. The number of benzene rings is 1. The van der Waals surface area contributed by atoms with E-state index in [9.17, 15) is 5.11 Å². The van der Waals surface area contributed by atoms with Crippen LogP contribution >= 0.6 is 0 Å². The number of nitrogens with zero attached hydrogens (tertiary/aromatic N) is 1. The number of hydrogen-bond acceptors (Lipinski definition) is 2. The highest BCUT2D eigenvalue weighted by molar-refractivity contribution is 5.19. The molecule has 1 aromatic carbocycles. The van der Waals surface area contributed by atoms with Gasteiger partial charge in [0.25, 0.3) is 0 Å². The Morgan fingerprint density at radius 2 is 1.88 bits per heavy atom. The zero-order valence-electron chi connectivity index (χ0n) is 9.97. The van der Waals surface area contributed by atoms with Crippen LogP contribution < -0.4 is 0 Å². The molecule has 0 aliphatic carbocycles. The van der Waals surface area contributed by atoms with E-state index in [1.807, 2.05) is 18.2 Å². The topological polar surface area (TPSA) is 23.5 Å². The normalized spacial score (nSPS) is 20.9. The minimum atomic E-state index is 0.189. The minimum absolute atomic E-state index is 0.189. The summed E-state index contributed by atoms with van der Waals surface area (Å²) < 4.78 is 0. The van der Waals surface area contributed by atoms with Gasteiger partial charge < -0.3 is 5.11 Å². The van der Waals surface area contributed by atoms with Crippen LogP contribution in [0.5, 0.6) is 0 Å². The Morgan fingerprint density at radius 3 is 2.44 bits per heavy atom. The van der Waals surface area contributed by atoms with Gasteiger partial charge in [0.05, 0.1) is 12.6 Å². The molecule has 2 rings (SSSR count). The summed E-state index contributed by atoms with van der Waals surface area (Å²) in [7, 11) is 0. The number of piperidine rings is 1. The smallest absolute Gasteiger partial charge is 0.0628 e. The van der Waals surface area contributed by atoms with Crippen molar-refractivity contribution in [1.82, 2.24) is 4.90 Å². The van der Waals surface area contributed by atoms with Gasteiger partial charge in [-0.15, -0.1) is 0 Å². The summed E-state index contributed by atoms with van der Waals surface area (Å²) in [6.45, 7) is 4.76. The molecule has 0 radical (unpaired) electrons. The quantitative estimate of drug-likeness (QED) is 0.844. The maximum Gasteiger partial charge on any atom is 0.0628 e. The van der Waals surface area contributed by atoms with E-state index in [1.54, 1.807) is 0 Å². The van der Waals surface area contributed by atoms with Crippen LogP contribution in [0.25, 0.3) is 0 Å². The Kier molecular flexibility index (Phi) is 3.97. The molecule has 0 aromatic heterocycles. The average molecular weight is 219 g/mol. The van der Waals surface area contributed by atoms with Crippen molar-refractivity contribution < 1.29 is 5.11 Å². The molecule has 1 fully saturated rings. The molecule has 2 nitrogen and oxygen atoms in total. The van der Waals surface area contributed by atoms with Crippen LogP contribution in [0.1, 0.15) is 31.4 Å². The van der Waals surface area contributed by atoms with Crippen molar-refractivity contribution in [2.45, 2.75) is 25.8 Å². The third-order valence-electron chi connectivity index (χ3n) is 3.62. The largest absolute Gasteiger partial charge is 0.394 e. The average Bonchev–Trinajstić information content (AvgIpc) is 2.34. The maximum atomic E-state index is 9.56. The van der Waals surface area contributed by atoms with Crippen LogP contribution in [-0.4, -0.2) is 29.7 Å². The summed E-state index contributed by atoms with van der Waals surface area (Å²) in [6, 6.07) is 10.5. The molecule has 88 valence electrons. The Balaban J connectivity index is 2.05. The number of aliphatic hydroxyl groups is 1. The summed E-state index contributed by atoms with van der Waals surface area (Å²) in [5.74, 6) is 0.839. The standard InChI is InChI=1S/C14H21NO/c1-12-7-9-15(10-8-12)14(11-16)13-5-3-2-4-6-13/h2-6,12,14,16H,7-11H2,1H3/t14-/m0/s1. The van der Waals surface area contributed by atoms with Crippen LogP contribution in [-0.2, 0) is 0 Å². The highest BCUT2D eigenvalue weighted by Crippen LogP contribution is 2.26. The second-order valence-electron chi connectivity index (χ2n) is 4.83. The van der Waals surface area contributed by atoms with Crippen LogP contribution in [0.4, 0.5) is 0 Å². The first-order valence-corrected chi connectivity index (χ1v) is 6.21. The number of likely N-dealkylation sites (tertiary alicyclic amines) is 1. The Morgan fingerprint density at radius 1 is 1.25 bits per heavy atom. The second kappa shape index (κ2) is 5.46. The molecular weight excluding hydrogens is 198 g/mol. The second-order valence-corrected chi connectivity index (χ2v) is 4.83. The number of aliphatic hydroxyl groups excluding tert-OH is 1. The highest BCUT2D eigenvalue weighted by Gasteiger charge is 2.23. The molecule has 1 atom stereocenters. The number of rotatable bonds is 3. The van der Waals surface area contributed by atoms with Gasteiger partial charge in [0, 0.05) is 0 Å². The molecule has 2 heteroatoms. The van der Waals surface area contributed by atoms with Crippen molar-refractivity contribution in [3.8, 4) is 0 Å². The fourth-order valence-electron chi connectivity index (χ4n) is 2.45. The molecule has 1 aliphatic rings. The van der Waals surface area contributed by atoms with Gasteiger partial charge in [-0.2, -0.15) is 0 Å². The van der Waals surface area contributed by atoms with E-state index in [2.05, 4.69) is 24.0 Å². The van der Waals surface area contributed by atoms with Crippen molar-refractivity contribution in [3.63, 3.8) is 0 Å². The van der Waals surface area contributed by atoms with Crippen molar-refractivity contribution in [2.24, 2.45) is 5.92 Å². The van der Waals surface area contributed by atoms with E-state index in [-0.39, 0.29) is 12.6 Å². The summed E-state index contributed by atoms with van der Waals surface area (Å²) >= 11 is 0. The molecule has 1 aromatic rings. The molecule has 1 heterocycles. The summed E-state index contributed by atoms with van der Waals surface area (Å²) in [5, 5.41) is 9.56. The van der Waals surface area contributed by atoms with Gasteiger partial charge in [0.1, 0.15) is 0 Å². The molecule has 0 amide bonds. The minimum Gasteiger partial charge on any atom is -0.394 e. The maximum absolute atomic E-state index is 9.56. The van der Waals surface area contributed by atoms with E-state index < -0.39 is 0 Å². The molecule has 1 saturated heterocycles. The third-order valence-corrected chi connectivity index (χ3v) is 3.62. The van der Waals surface area contributed by atoms with Crippen molar-refractivity contribution in [2.75, 3.05) is 19.7 Å². The molecule has 1 aliphatic heterocycles. The van der Waals surface area contributed by atoms with Crippen molar-refractivity contribution in [1.29, 1.82) is 0 Å². The fraction of sp³-hybridized carbons (Fsp3) is 0.571. The molecular formula is C14H21NO. The van der Waals surface area contributed by atoms with Crippen LogP contribution in [0.2, 0.25) is 0 Å². The molecule has 0 unspecified atom stereocenters. The molecule has 1 N–H and O–H groups in total. The van der Waals surface area contributed by atoms with Gasteiger partial charge in [-0.05, 0) is 37.4 Å². The lowest BCUT2D eigenvalue weighted by Crippen LogP contribution is -2.37. The lowest BCUT2D eigenvalue weighted by atomic mass is 9.96. The lowest BCUT2D eigenvalue weighted by Gasteiger charge is -2.36. The van der Waals surface area contributed by atoms with Gasteiger partial charge >= 0.3 is 0 Å². The summed E-state index contributed by atoms with van der Waals surface area (Å²) in [5.41, 5.74) is 1.24. The fourth-order valence-corrected chi connectivity index (χ4v) is 2.45. The van der Waals surface area contributed by atoms with Gasteiger partial charge in [-0.1, -0.05) is 37.3 Å². The first kappa shape index (κ1) is 11.6. The molecule has 16 heavy (non-hydrogen) atoms. The zero-order valence-corrected chi connectivity index (χ0v) is 9.97. The SMILES string of the molecule is CC1CCN([C@@H](CO)c2ccccc2)CC1. The molecule has 0 spiro atoms. The first-order chi connectivity index (χ1) is 7.81. The predicted molar refractivity (Wildman–Crippen MR) is 66.2 cm³/mol. The predicted octanol–water partition coefficient (Wildman–Crippen LogP) is 2.45. The van der Waals surface area contributed by atoms with Gasteiger partial charge in [0.15, 0.2) is 0 Å². The Labute approximate surface area is 97.9 Å². The van der Waals surface area contributed by atoms with Crippen molar-refractivity contribution >= 4 is 0 Å². The zero-order chi connectivity index (χ0) is 11.4. The third kappa shape index (κ3) is 2.63. The Hall–Kier alpha value is -0.860. The Bertz CT molecular complexity index is 304. The van der Waals surface area contributed by atoms with Crippen LogP contribution in [0.3, 0.4) is 0 Å². The van der Waals surface area contributed by atoms with E-state index in [0.29, 0.717) is 0 Å². The monoisotopic (exact) mass is 219 g/mol. The van der Waals surface area contributed by atoms with Gasteiger partial charge in [-0.25, -0.2) is 0 Å². The first-order valence-electron chi connectivity index (χ1n) is 6.21. The van der Waals surface area contributed by atoms with E-state index in [0.717, 1.165) is 19.0 Å². The van der Waals surface area contributed by atoms with Crippen molar-refractivity contribution in [3.05, 3.63) is 35.9 Å². The lowest BCUT2D eigenvalue weighted by molar-refractivity contribution is 0.0897. The van der Waals surface area contributed by atoms with E-state index in [1.165, 1.54) is 18.4 Å². The molecule has 0 bridgehead atoms. The van der Waals surface area contributed by atoms with Crippen LogP contribution in [0, 0.1) is 5.92 Å².